The SMILES string of the molecule is COc1cc2c(cc1S(=O)(=O)NC[C@H]1COc3ccccc3O1)CCCC2. The topological polar surface area (TPSA) is 73.9 Å². The van der Waals surface area contributed by atoms with Gasteiger partial charge in [-0.25, -0.2) is 13.1 Å². The van der Waals surface area contributed by atoms with Gasteiger partial charge in [-0.15, -0.1) is 0 Å². The van der Waals surface area contributed by atoms with Crippen molar-refractivity contribution in [1.82, 2.24) is 4.72 Å². The van der Waals surface area contributed by atoms with Crippen LogP contribution in [0.2, 0.25) is 0 Å². The van der Waals surface area contributed by atoms with Gasteiger partial charge < -0.3 is 14.2 Å². The number of fused-ring (bicyclic) bond motifs is 2. The van der Waals surface area contributed by atoms with Crippen molar-refractivity contribution in [2.24, 2.45) is 0 Å². The second-order valence-electron chi connectivity index (χ2n) is 6.83. The van der Waals surface area contributed by atoms with Gasteiger partial charge in [0, 0.05) is 0 Å². The van der Waals surface area contributed by atoms with Crippen molar-refractivity contribution in [2.45, 2.75) is 36.7 Å². The summed E-state index contributed by atoms with van der Waals surface area (Å²) in [5.74, 6) is 1.68. The van der Waals surface area contributed by atoms with Crippen molar-refractivity contribution < 1.29 is 22.6 Å². The fourth-order valence-corrected chi connectivity index (χ4v) is 4.82. The molecule has 0 saturated carbocycles. The third kappa shape index (κ3) is 3.75. The van der Waals surface area contributed by atoms with Crippen LogP contribution in [0.3, 0.4) is 0 Å². The smallest absolute Gasteiger partial charge is 0.244 e. The molecule has 2 aromatic rings. The molecule has 0 spiro atoms. The zero-order chi connectivity index (χ0) is 18.9. The molecule has 2 aliphatic rings. The summed E-state index contributed by atoms with van der Waals surface area (Å²) in [4.78, 5) is 0.183. The van der Waals surface area contributed by atoms with Gasteiger partial charge in [0.15, 0.2) is 11.5 Å². The summed E-state index contributed by atoms with van der Waals surface area (Å²) in [6.07, 6.45) is 3.68. The van der Waals surface area contributed by atoms with Crippen molar-refractivity contribution in [3.63, 3.8) is 0 Å². The third-order valence-corrected chi connectivity index (χ3v) is 6.43. The van der Waals surface area contributed by atoms with Crippen LogP contribution in [0, 0.1) is 0 Å². The van der Waals surface area contributed by atoms with Gasteiger partial charge in [0.2, 0.25) is 10.0 Å². The number of nitrogens with one attached hydrogen (secondary N) is 1. The molecule has 27 heavy (non-hydrogen) atoms. The van der Waals surface area contributed by atoms with Crippen molar-refractivity contribution in [2.75, 3.05) is 20.3 Å². The van der Waals surface area contributed by atoms with Gasteiger partial charge >= 0.3 is 0 Å². The number of rotatable bonds is 5. The molecule has 2 aromatic carbocycles. The van der Waals surface area contributed by atoms with Gasteiger partial charge in [-0.3, -0.25) is 0 Å². The molecule has 1 aliphatic heterocycles. The number of benzene rings is 2. The Morgan fingerprint density at radius 3 is 2.56 bits per heavy atom. The van der Waals surface area contributed by atoms with Crippen LogP contribution in [0.1, 0.15) is 24.0 Å². The Morgan fingerprint density at radius 1 is 1.11 bits per heavy atom. The van der Waals surface area contributed by atoms with Gasteiger partial charge in [0.25, 0.3) is 0 Å². The Balaban J connectivity index is 1.51. The van der Waals surface area contributed by atoms with E-state index in [1.807, 2.05) is 30.3 Å². The summed E-state index contributed by atoms with van der Waals surface area (Å²) in [5, 5.41) is 0. The maximum absolute atomic E-state index is 12.9. The zero-order valence-electron chi connectivity index (χ0n) is 15.2. The molecular formula is C20H23NO5S. The first-order chi connectivity index (χ1) is 13.1. The van der Waals surface area contributed by atoms with Gasteiger partial charge in [0.1, 0.15) is 23.4 Å². The van der Waals surface area contributed by atoms with E-state index in [9.17, 15) is 8.42 Å². The molecule has 4 rings (SSSR count). The number of sulfonamides is 1. The number of para-hydroxylation sites is 2. The highest BCUT2D eigenvalue weighted by Crippen LogP contribution is 2.33. The predicted octanol–water partition coefficient (Wildman–Crippen LogP) is 2.69. The Morgan fingerprint density at radius 2 is 1.81 bits per heavy atom. The van der Waals surface area contributed by atoms with Crippen molar-refractivity contribution in [1.29, 1.82) is 0 Å². The molecule has 6 nitrogen and oxygen atoms in total. The number of hydrogen-bond acceptors (Lipinski definition) is 5. The summed E-state index contributed by atoms with van der Waals surface area (Å²) in [6, 6.07) is 11.0. The van der Waals surface area contributed by atoms with Crippen LogP contribution in [0.5, 0.6) is 17.2 Å². The van der Waals surface area contributed by atoms with Crippen LogP contribution < -0.4 is 18.9 Å². The number of aryl methyl sites for hydroxylation is 2. The van der Waals surface area contributed by atoms with Gasteiger partial charge in [-0.05, 0) is 61.1 Å². The van der Waals surface area contributed by atoms with E-state index in [0.29, 0.717) is 23.9 Å². The number of hydrogen-bond donors (Lipinski definition) is 1. The molecule has 1 aliphatic carbocycles. The first-order valence-electron chi connectivity index (χ1n) is 9.15. The minimum Gasteiger partial charge on any atom is -0.495 e. The molecule has 0 radical (unpaired) electrons. The quantitative estimate of drug-likeness (QED) is 0.851. The highest BCUT2D eigenvalue weighted by molar-refractivity contribution is 7.89. The summed E-state index contributed by atoms with van der Waals surface area (Å²) < 4.78 is 45.3. The van der Waals surface area contributed by atoms with E-state index in [1.54, 1.807) is 6.07 Å². The fourth-order valence-electron chi connectivity index (χ4n) is 3.55. The second-order valence-corrected chi connectivity index (χ2v) is 8.56. The van der Waals surface area contributed by atoms with E-state index in [2.05, 4.69) is 4.72 Å². The lowest BCUT2D eigenvalue weighted by atomic mass is 9.92. The molecule has 0 bridgehead atoms. The van der Waals surface area contributed by atoms with Crippen LogP contribution in [-0.2, 0) is 22.9 Å². The molecule has 0 unspecified atom stereocenters. The Labute approximate surface area is 159 Å². The zero-order valence-corrected chi connectivity index (χ0v) is 16.1. The first kappa shape index (κ1) is 18.1. The van der Waals surface area contributed by atoms with Crippen LogP contribution in [-0.4, -0.2) is 34.8 Å². The Hall–Kier alpha value is -2.25. The van der Waals surface area contributed by atoms with E-state index in [-0.39, 0.29) is 11.4 Å². The average Bonchev–Trinajstić information content (AvgIpc) is 2.71. The Bertz CT molecular complexity index is 941. The lowest BCUT2D eigenvalue weighted by Gasteiger charge is -2.26. The molecule has 1 N–H and O–H groups in total. The molecule has 0 fully saturated rings. The molecule has 144 valence electrons. The fraction of sp³-hybridized carbons (Fsp3) is 0.400. The molecule has 0 amide bonds. The monoisotopic (exact) mass is 389 g/mol. The second kappa shape index (κ2) is 7.40. The van der Waals surface area contributed by atoms with E-state index >= 15 is 0 Å². The highest BCUT2D eigenvalue weighted by Gasteiger charge is 2.26. The molecule has 1 heterocycles. The van der Waals surface area contributed by atoms with Crippen LogP contribution in [0.15, 0.2) is 41.3 Å². The van der Waals surface area contributed by atoms with E-state index in [1.165, 1.54) is 12.7 Å². The number of ether oxygens (including phenoxy) is 3. The van der Waals surface area contributed by atoms with Gasteiger partial charge in [0.05, 0.1) is 13.7 Å². The minimum atomic E-state index is -3.72. The van der Waals surface area contributed by atoms with Crippen LogP contribution in [0.4, 0.5) is 0 Å². The van der Waals surface area contributed by atoms with E-state index in [4.69, 9.17) is 14.2 Å². The van der Waals surface area contributed by atoms with Crippen molar-refractivity contribution >= 4 is 10.0 Å². The summed E-state index contributed by atoms with van der Waals surface area (Å²) in [5.41, 5.74) is 2.27. The normalized spacial score (nSPS) is 18.6. The molecular weight excluding hydrogens is 366 g/mol. The minimum absolute atomic E-state index is 0.122. The lowest BCUT2D eigenvalue weighted by Crippen LogP contribution is -2.40. The number of methoxy groups -OCH3 is 1. The van der Waals surface area contributed by atoms with Crippen LogP contribution in [0.25, 0.3) is 0 Å². The lowest BCUT2D eigenvalue weighted by molar-refractivity contribution is 0.0943. The Kier molecular flexibility index (Phi) is 4.97. The summed E-state index contributed by atoms with van der Waals surface area (Å²) >= 11 is 0. The third-order valence-electron chi connectivity index (χ3n) is 4.99. The van der Waals surface area contributed by atoms with E-state index < -0.39 is 16.1 Å². The predicted molar refractivity (Wildman–Crippen MR) is 101 cm³/mol. The molecule has 1 atom stereocenters. The van der Waals surface area contributed by atoms with Crippen molar-refractivity contribution in [3.05, 3.63) is 47.5 Å². The van der Waals surface area contributed by atoms with E-state index in [0.717, 1.165) is 31.2 Å². The van der Waals surface area contributed by atoms with Crippen molar-refractivity contribution in [3.8, 4) is 17.2 Å². The van der Waals surface area contributed by atoms with Crippen LogP contribution >= 0.6 is 0 Å². The molecule has 7 heteroatoms. The van der Waals surface area contributed by atoms with Gasteiger partial charge in [-0.2, -0.15) is 0 Å². The highest BCUT2D eigenvalue weighted by atomic mass is 32.2. The van der Waals surface area contributed by atoms with Gasteiger partial charge in [-0.1, -0.05) is 12.1 Å². The largest absolute Gasteiger partial charge is 0.495 e. The maximum Gasteiger partial charge on any atom is 0.244 e. The summed E-state index contributed by atoms with van der Waals surface area (Å²) in [6.45, 7) is 0.414. The standard InChI is InChI=1S/C20H23NO5S/c1-24-19-10-14-6-2-3-7-15(14)11-20(19)27(22,23)21-12-16-13-25-17-8-4-5-9-18(17)26-16/h4-5,8-11,16,21H,2-3,6-7,12-13H2,1H3/t16-/m0/s1. The maximum atomic E-state index is 12.9. The summed E-state index contributed by atoms with van der Waals surface area (Å²) in [7, 11) is -2.23. The average molecular weight is 389 g/mol. The first-order valence-corrected chi connectivity index (χ1v) is 10.6. The molecule has 0 saturated heterocycles. The molecule has 0 aromatic heterocycles.